The molecule has 1 fully saturated rings. The van der Waals surface area contributed by atoms with Gasteiger partial charge in [-0.2, -0.15) is 0 Å². The van der Waals surface area contributed by atoms with E-state index in [1.807, 2.05) is 13.8 Å². The number of alkyl halides is 4. The van der Waals surface area contributed by atoms with Gasteiger partial charge in [0.15, 0.2) is 5.96 Å². The van der Waals surface area contributed by atoms with Crippen LogP contribution in [0.4, 0.5) is 17.6 Å². The van der Waals surface area contributed by atoms with Crippen LogP contribution in [-0.2, 0) is 0 Å². The highest BCUT2D eigenvalue weighted by Crippen LogP contribution is 2.25. The van der Waals surface area contributed by atoms with E-state index in [1.165, 1.54) is 0 Å². The fourth-order valence-electron chi connectivity index (χ4n) is 1.54. The van der Waals surface area contributed by atoms with E-state index in [2.05, 4.69) is 10.3 Å². The molecule has 0 amide bonds. The molecule has 2 aliphatic rings. The molecule has 0 spiro atoms. The van der Waals surface area contributed by atoms with Crippen molar-refractivity contribution in [2.24, 2.45) is 4.99 Å². The second kappa shape index (κ2) is 4.47. The minimum Gasteiger partial charge on any atom is -0.350 e. The van der Waals surface area contributed by atoms with E-state index in [4.69, 9.17) is 0 Å². The van der Waals surface area contributed by atoms with Crippen LogP contribution in [0.3, 0.4) is 0 Å². The number of hydrogen-bond donors (Lipinski definition) is 1. The molecule has 3 nitrogen and oxygen atoms in total. The second-order valence-corrected chi connectivity index (χ2v) is 3.56. The van der Waals surface area contributed by atoms with E-state index in [0.29, 0.717) is 0 Å². The van der Waals surface area contributed by atoms with Crippen LogP contribution >= 0.6 is 0 Å². The number of guanidine groups is 1. The Bertz CT molecular complexity index is 278. The predicted octanol–water partition coefficient (Wildman–Crippen LogP) is 1.56. The molecule has 0 atom stereocenters. The highest BCUT2D eigenvalue weighted by molar-refractivity contribution is 5.81. The lowest BCUT2D eigenvalue weighted by Crippen LogP contribution is -2.62. The van der Waals surface area contributed by atoms with Gasteiger partial charge in [0, 0.05) is 0 Å². The molecule has 16 heavy (non-hydrogen) atoms. The molecular weight excluding hydrogens is 226 g/mol. The second-order valence-electron chi connectivity index (χ2n) is 3.56. The zero-order valence-corrected chi connectivity index (χ0v) is 9.23. The molecule has 2 heterocycles. The zero-order chi connectivity index (χ0) is 12.4. The fraction of sp³-hybridized carbons (Fsp3) is 0.889. The first-order valence-corrected chi connectivity index (χ1v) is 5.17. The first-order chi connectivity index (χ1) is 7.38. The van der Waals surface area contributed by atoms with Crippen molar-refractivity contribution in [1.82, 2.24) is 10.2 Å². The molecule has 0 radical (unpaired) electrons. The lowest BCUT2D eigenvalue weighted by molar-refractivity contribution is -0.0659. The van der Waals surface area contributed by atoms with Gasteiger partial charge in [0.2, 0.25) is 0 Å². The number of aliphatic imine (C=N–C) groups is 1. The monoisotopic (exact) mass is 241 g/mol. The summed E-state index contributed by atoms with van der Waals surface area (Å²) in [6, 6.07) is 0. The third kappa shape index (κ3) is 2.99. The van der Waals surface area contributed by atoms with Gasteiger partial charge in [-0.15, -0.1) is 0 Å². The zero-order valence-electron chi connectivity index (χ0n) is 9.23. The highest BCUT2D eigenvalue weighted by atomic mass is 19.3. The number of fused-ring (bicyclic) bond motifs is 1. The third-order valence-corrected chi connectivity index (χ3v) is 2.11. The van der Waals surface area contributed by atoms with E-state index in [-0.39, 0.29) is 5.96 Å². The van der Waals surface area contributed by atoms with Crippen LogP contribution in [-0.4, -0.2) is 48.9 Å². The molecule has 0 aliphatic carbocycles. The van der Waals surface area contributed by atoms with Crippen molar-refractivity contribution in [1.29, 1.82) is 0 Å². The van der Waals surface area contributed by atoms with E-state index in [0.717, 1.165) is 4.90 Å². The van der Waals surface area contributed by atoms with Crippen LogP contribution in [0.5, 0.6) is 0 Å². The molecular formula is C9H15F4N3. The van der Waals surface area contributed by atoms with Crippen LogP contribution in [0, 0.1) is 0 Å². The third-order valence-electron chi connectivity index (χ3n) is 2.11. The van der Waals surface area contributed by atoms with Crippen molar-refractivity contribution in [2.75, 3.05) is 26.2 Å². The van der Waals surface area contributed by atoms with Crippen LogP contribution in [0.2, 0.25) is 0 Å². The summed E-state index contributed by atoms with van der Waals surface area (Å²) in [5.74, 6) is -5.81. The first-order valence-electron chi connectivity index (χ1n) is 5.17. The van der Waals surface area contributed by atoms with Gasteiger partial charge in [-0.25, -0.2) is 22.6 Å². The standard InChI is InChI=1S/C7H9F4N3.C2H6/c8-6(9)1-12-5-13-2-7(10,11)4-14(5)3-6;1-2/h1-4H2,(H,12,13);1-2H3. The van der Waals surface area contributed by atoms with Gasteiger partial charge in [0.1, 0.15) is 6.54 Å². The first kappa shape index (κ1) is 13.1. The lowest BCUT2D eigenvalue weighted by atomic mass is 10.2. The maximum absolute atomic E-state index is 12.8. The van der Waals surface area contributed by atoms with Crippen molar-refractivity contribution >= 4 is 5.96 Å². The Hall–Kier alpha value is -1.01. The van der Waals surface area contributed by atoms with Crippen molar-refractivity contribution < 1.29 is 17.6 Å². The van der Waals surface area contributed by atoms with E-state index >= 15 is 0 Å². The molecule has 0 aromatic rings. The van der Waals surface area contributed by atoms with Gasteiger partial charge >= 0.3 is 0 Å². The summed E-state index contributed by atoms with van der Waals surface area (Å²) in [5, 5.41) is 2.34. The topological polar surface area (TPSA) is 27.6 Å². The number of halogens is 4. The summed E-state index contributed by atoms with van der Waals surface area (Å²) < 4.78 is 51.3. The molecule has 0 bridgehead atoms. The molecule has 7 heteroatoms. The van der Waals surface area contributed by atoms with Crippen molar-refractivity contribution in [3.8, 4) is 0 Å². The maximum Gasteiger partial charge on any atom is 0.284 e. The SMILES string of the molecule is CC.FC1(F)CN=C2NCC(F)(F)CN2C1. The molecule has 2 rings (SSSR count). The normalized spacial score (nSPS) is 25.6. The molecule has 0 aromatic heterocycles. The maximum atomic E-state index is 12.8. The quantitative estimate of drug-likeness (QED) is 0.652. The smallest absolute Gasteiger partial charge is 0.284 e. The van der Waals surface area contributed by atoms with Gasteiger partial charge in [-0.3, -0.25) is 0 Å². The lowest BCUT2D eigenvalue weighted by Gasteiger charge is -2.39. The van der Waals surface area contributed by atoms with Gasteiger partial charge in [0.25, 0.3) is 11.8 Å². The average Bonchev–Trinajstić information content (AvgIpc) is 2.17. The van der Waals surface area contributed by atoms with E-state index in [1.54, 1.807) is 0 Å². The Kier molecular flexibility index (Phi) is 3.64. The van der Waals surface area contributed by atoms with Crippen molar-refractivity contribution in [3.05, 3.63) is 0 Å². The largest absolute Gasteiger partial charge is 0.350 e. The Labute approximate surface area is 91.5 Å². The summed E-state index contributed by atoms with van der Waals surface area (Å²) in [6.07, 6.45) is 0. The molecule has 0 aromatic carbocycles. The van der Waals surface area contributed by atoms with E-state index < -0.39 is 38.0 Å². The summed E-state index contributed by atoms with van der Waals surface area (Å²) in [7, 11) is 0. The summed E-state index contributed by atoms with van der Waals surface area (Å²) in [6.45, 7) is 1.47. The Balaban J connectivity index is 0.000000606. The molecule has 94 valence electrons. The van der Waals surface area contributed by atoms with Crippen molar-refractivity contribution in [2.45, 2.75) is 25.7 Å². The average molecular weight is 241 g/mol. The van der Waals surface area contributed by atoms with Crippen LogP contribution in [0.25, 0.3) is 0 Å². The number of rotatable bonds is 0. The minimum atomic E-state index is -3.00. The van der Waals surface area contributed by atoms with Crippen molar-refractivity contribution in [3.63, 3.8) is 0 Å². The Morgan fingerprint density at radius 3 is 2.31 bits per heavy atom. The molecule has 2 aliphatic heterocycles. The van der Waals surface area contributed by atoms with Gasteiger partial charge in [-0.05, 0) is 0 Å². The Morgan fingerprint density at radius 2 is 1.69 bits per heavy atom. The van der Waals surface area contributed by atoms with E-state index in [9.17, 15) is 17.6 Å². The van der Waals surface area contributed by atoms with Crippen LogP contribution in [0.1, 0.15) is 13.8 Å². The molecule has 1 saturated heterocycles. The number of nitrogens with one attached hydrogen (secondary N) is 1. The highest BCUT2D eigenvalue weighted by Gasteiger charge is 2.44. The summed E-state index contributed by atoms with van der Waals surface area (Å²) >= 11 is 0. The van der Waals surface area contributed by atoms with Gasteiger partial charge in [0.05, 0.1) is 19.6 Å². The number of nitrogens with zero attached hydrogens (tertiary/aromatic N) is 2. The Morgan fingerprint density at radius 1 is 1.12 bits per heavy atom. The van der Waals surface area contributed by atoms with Gasteiger partial charge < -0.3 is 10.2 Å². The molecule has 0 unspecified atom stereocenters. The van der Waals surface area contributed by atoms with Crippen LogP contribution in [0.15, 0.2) is 4.99 Å². The molecule has 0 saturated carbocycles. The fourth-order valence-corrected chi connectivity index (χ4v) is 1.54. The number of hydrogen-bond acceptors (Lipinski definition) is 3. The van der Waals surface area contributed by atoms with Gasteiger partial charge in [-0.1, -0.05) is 13.8 Å². The summed E-state index contributed by atoms with van der Waals surface area (Å²) in [4.78, 5) is 4.41. The summed E-state index contributed by atoms with van der Waals surface area (Å²) in [5.41, 5.74) is 0. The predicted molar refractivity (Wildman–Crippen MR) is 53.1 cm³/mol. The molecule has 1 N–H and O–H groups in total. The van der Waals surface area contributed by atoms with Crippen LogP contribution < -0.4 is 5.32 Å². The minimum absolute atomic E-state index is 0.154.